The van der Waals surface area contributed by atoms with Crippen LogP contribution in [0.25, 0.3) is 0 Å². The van der Waals surface area contributed by atoms with Gasteiger partial charge < -0.3 is 10.0 Å². The Morgan fingerprint density at radius 1 is 1.53 bits per heavy atom. The number of benzene rings is 1. The number of nitrogens with zero attached hydrogens (tertiary/aromatic N) is 2. The summed E-state index contributed by atoms with van der Waals surface area (Å²) in [6.07, 6.45) is 0.359. The molecule has 1 aromatic carbocycles. The maximum Gasteiger partial charge on any atom is 0.146 e. The van der Waals surface area contributed by atoms with Crippen molar-refractivity contribution in [3.63, 3.8) is 0 Å². The Kier molecular flexibility index (Phi) is 4.07. The summed E-state index contributed by atoms with van der Waals surface area (Å²) in [5, 5.41) is 17.2. The van der Waals surface area contributed by atoms with Crippen LogP contribution in [0.5, 0.6) is 0 Å². The van der Waals surface area contributed by atoms with Crippen molar-refractivity contribution in [2.75, 3.05) is 18.5 Å². The summed E-state index contributed by atoms with van der Waals surface area (Å²) in [6, 6.07) is 6.59. The van der Waals surface area contributed by atoms with Crippen LogP contribution in [-0.2, 0) is 6.61 Å². The number of halogens is 1. The maximum atomic E-state index is 13.5. The number of hydrogen-bond donors (Lipinski definition) is 1. The van der Waals surface area contributed by atoms with Gasteiger partial charge in [-0.05, 0) is 17.7 Å². The van der Waals surface area contributed by atoms with E-state index >= 15 is 0 Å². The molecule has 1 N–H and O–H groups in total. The average molecular weight is 208 g/mol. The summed E-state index contributed by atoms with van der Waals surface area (Å²) in [7, 11) is 1.73. The van der Waals surface area contributed by atoms with E-state index in [0.717, 1.165) is 0 Å². The quantitative estimate of drug-likeness (QED) is 0.818. The molecule has 0 heterocycles. The number of aliphatic hydroxyl groups excluding tert-OH is 1. The Hall–Kier alpha value is -1.60. The van der Waals surface area contributed by atoms with Gasteiger partial charge in [0.25, 0.3) is 0 Å². The van der Waals surface area contributed by atoms with Crippen LogP contribution in [0, 0.1) is 17.1 Å². The highest BCUT2D eigenvalue weighted by Gasteiger charge is 2.07. The van der Waals surface area contributed by atoms with Crippen LogP contribution >= 0.6 is 0 Å². The van der Waals surface area contributed by atoms with E-state index in [1.165, 1.54) is 6.07 Å². The zero-order valence-electron chi connectivity index (χ0n) is 8.57. The second-order valence-electron chi connectivity index (χ2n) is 3.27. The van der Waals surface area contributed by atoms with Crippen molar-refractivity contribution in [2.45, 2.75) is 13.0 Å². The third-order valence-corrected chi connectivity index (χ3v) is 2.16. The highest BCUT2D eigenvalue weighted by Crippen LogP contribution is 2.19. The minimum atomic E-state index is -0.373. The van der Waals surface area contributed by atoms with E-state index in [1.54, 1.807) is 24.1 Å². The molecule has 0 amide bonds. The molecule has 1 rings (SSSR count). The largest absolute Gasteiger partial charge is 0.392 e. The summed E-state index contributed by atoms with van der Waals surface area (Å²) in [5.41, 5.74) is 0.993. The van der Waals surface area contributed by atoms with Gasteiger partial charge in [0.05, 0.1) is 24.8 Å². The Labute approximate surface area is 88.4 Å². The SMILES string of the molecule is CN(CCC#N)c1ccc(CO)cc1F. The van der Waals surface area contributed by atoms with Crippen LogP contribution in [0.2, 0.25) is 0 Å². The van der Waals surface area contributed by atoms with Gasteiger partial charge in [-0.15, -0.1) is 0 Å². The molecule has 4 heteroatoms. The lowest BCUT2D eigenvalue weighted by Crippen LogP contribution is -2.19. The first-order valence-electron chi connectivity index (χ1n) is 4.66. The van der Waals surface area contributed by atoms with Crippen molar-refractivity contribution in [3.8, 4) is 6.07 Å². The number of rotatable bonds is 4. The van der Waals surface area contributed by atoms with Gasteiger partial charge >= 0.3 is 0 Å². The van der Waals surface area contributed by atoms with Gasteiger partial charge in [0, 0.05) is 13.6 Å². The highest BCUT2D eigenvalue weighted by molar-refractivity contribution is 5.48. The average Bonchev–Trinajstić information content (AvgIpc) is 2.25. The molecule has 80 valence electrons. The van der Waals surface area contributed by atoms with E-state index in [0.29, 0.717) is 24.2 Å². The lowest BCUT2D eigenvalue weighted by Gasteiger charge is -2.18. The molecule has 0 aliphatic rings. The fourth-order valence-electron chi connectivity index (χ4n) is 1.30. The van der Waals surface area contributed by atoms with Crippen molar-refractivity contribution in [1.29, 1.82) is 5.26 Å². The van der Waals surface area contributed by atoms with Gasteiger partial charge in [0.1, 0.15) is 5.82 Å². The summed E-state index contributed by atoms with van der Waals surface area (Å²) in [4.78, 5) is 1.68. The second-order valence-corrected chi connectivity index (χ2v) is 3.27. The maximum absolute atomic E-state index is 13.5. The molecule has 15 heavy (non-hydrogen) atoms. The monoisotopic (exact) mass is 208 g/mol. The van der Waals surface area contributed by atoms with Gasteiger partial charge in [-0.1, -0.05) is 6.07 Å². The molecule has 0 fully saturated rings. The summed E-state index contributed by atoms with van der Waals surface area (Å²) in [6.45, 7) is 0.324. The van der Waals surface area contributed by atoms with Crippen LogP contribution < -0.4 is 4.90 Å². The van der Waals surface area contributed by atoms with Gasteiger partial charge in [-0.2, -0.15) is 5.26 Å². The predicted molar refractivity (Wildman–Crippen MR) is 55.8 cm³/mol. The van der Waals surface area contributed by atoms with Crippen LogP contribution in [0.4, 0.5) is 10.1 Å². The normalized spacial score (nSPS) is 9.73. The van der Waals surface area contributed by atoms with Gasteiger partial charge in [-0.3, -0.25) is 0 Å². The highest BCUT2D eigenvalue weighted by atomic mass is 19.1. The summed E-state index contributed by atoms with van der Waals surface area (Å²) < 4.78 is 13.5. The zero-order chi connectivity index (χ0) is 11.3. The molecule has 1 aromatic rings. The minimum absolute atomic E-state index is 0.168. The van der Waals surface area contributed by atoms with Gasteiger partial charge in [0.15, 0.2) is 0 Å². The summed E-state index contributed by atoms with van der Waals surface area (Å²) in [5.74, 6) is -0.373. The molecule has 0 saturated heterocycles. The van der Waals surface area contributed by atoms with Crippen LogP contribution in [0.15, 0.2) is 18.2 Å². The first-order chi connectivity index (χ1) is 7.19. The molecule has 0 bridgehead atoms. The topological polar surface area (TPSA) is 47.3 Å². The fourth-order valence-corrected chi connectivity index (χ4v) is 1.30. The van der Waals surface area contributed by atoms with E-state index in [4.69, 9.17) is 10.4 Å². The van der Waals surface area contributed by atoms with Crippen LogP contribution in [0.3, 0.4) is 0 Å². The van der Waals surface area contributed by atoms with Crippen molar-refractivity contribution >= 4 is 5.69 Å². The number of nitriles is 1. The Morgan fingerprint density at radius 2 is 2.27 bits per heavy atom. The number of aliphatic hydroxyl groups is 1. The Balaban J connectivity index is 2.81. The predicted octanol–water partition coefficient (Wildman–Crippen LogP) is 1.67. The molecule has 0 unspecified atom stereocenters. The molecule has 0 spiro atoms. The standard InChI is InChI=1S/C11H13FN2O/c1-14(6-2-5-13)11-4-3-9(8-15)7-10(11)12/h3-4,7,15H,2,6,8H2,1H3. The molecule has 0 aromatic heterocycles. The fraction of sp³-hybridized carbons (Fsp3) is 0.364. The third kappa shape index (κ3) is 2.93. The van der Waals surface area contributed by atoms with E-state index in [1.807, 2.05) is 6.07 Å². The van der Waals surface area contributed by atoms with E-state index in [2.05, 4.69) is 0 Å². The van der Waals surface area contributed by atoms with E-state index < -0.39 is 0 Å². The van der Waals surface area contributed by atoms with Gasteiger partial charge in [0.2, 0.25) is 0 Å². The molecular formula is C11H13FN2O. The molecule has 0 aliphatic heterocycles. The molecular weight excluding hydrogens is 195 g/mol. The number of anilines is 1. The molecule has 3 nitrogen and oxygen atoms in total. The Bertz CT molecular complexity index is 373. The summed E-state index contributed by atoms with van der Waals surface area (Å²) >= 11 is 0. The van der Waals surface area contributed by atoms with Crippen LogP contribution in [0.1, 0.15) is 12.0 Å². The van der Waals surface area contributed by atoms with Crippen molar-refractivity contribution in [3.05, 3.63) is 29.6 Å². The minimum Gasteiger partial charge on any atom is -0.392 e. The number of hydrogen-bond acceptors (Lipinski definition) is 3. The second kappa shape index (κ2) is 5.32. The van der Waals surface area contributed by atoms with Crippen LogP contribution in [-0.4, -0.2) is 18.7 Å². The first kappa shape index (κ1) is 11.5. The molecule has 0 atom stereocenters. The van der Waals surface area contributed by atoms with Crippen molar-refractivity contribution in [1.82, 2.24) is 0 Å². The molecule has 0 aliphatic carbocycles. The zero-order valence-corrected chi connectivity index (χ0v) is 8.57. The lowest BCUT2D eigenvalue weighted by atomic mass is 10.2. The smallest absolute Gasteiger partial charge is 0.146 e. The molecule has 0 radical (unpaired) electrons. The molecule has 0 saturated carbocycles. The van der Waals surface area contributed by atoms with Crippen molar-refractivity contribution in [2.24, 2.45) is 0 Å². The lowest BCUT2D eigenvalue weighted by molar-refractivity contribution is 0.281. The van der Waals surface area contributed by atoms with Gasteiger partial charge in [-0.25, -0.2) is 4.39 Å². The van der Waals surface area contributed by atoms with Crippen molar-refractivity contribution < 1.29 is 9.50 Å². The third-order valence-electron chi connectivity index (χ3n) is 2.16. The van der Waals surface area contributed by atoms with E-state index in [9.17, 15) is 4.39 Å². The Morgan fingerprint density at radius 3 is 2.80 bits per heavy atom. The van der Waals surface area contributed by atoms with E-state index in [-0.39, 0.29) is 12.4 Å². The first-order valence-corrected chi connectivity index (χ1v) is 4.66.